The minimum absolute atomic E-state index is 0.350. The molecule has 4 rings (SSSR count). The average Bonchev–Trinajstić information content (AvgIpc) is 3.16. The summed E-state index contributed by atoms with van der Waals surface area (Å²) in [5.41, 5.74) is 0.420. The lowest BCUT2D eigenvalue weighted by atomic mass is 9.78. The Bertz CT molecular complexity index is 1010. The highest BCUT2D eigenvalue weighted by Crippen LogP contribution is 2.51. The lowest BCUT2D eigenvalue weighted by Gasteiger charge is -2.26. The van der Waals surface area contributed by atoms with E-state index in [0.717, 1.165) is 0 Å². The Labute approximate surface area is 175 Å². The highest BCUT2D eigenvalue weighted by Gasteiger charge is 2.67. The van der Waals surface area contributed by atoms with Gasteiger partial charge in [-0.1, -0.05) is 34.1 Å². The Hall–Kier alpha value is -2.65. The highest BCUT2D eigenvalue weighted by molar-refractivity contribution is 9.10. The minimum Gasteiger partial charge on any atom is -0.493 e. The molecular formula is C20H20BrN3O5. The number of nitro groups is 1. The average molecular weight is 462 g/mol. The molecular weight excluding hydrogens is 442 g/mol. The fourth-order valence-corrected chi connectivity index (χ4v) is 5.23. The third kappa shape index (κ3) is 2.71. The van der Waals surface area contributed by atoms with Crippen LogP contribution < -0.4 is 20.1 Å². The van der Waals surface area contributed by atoms with Crippen molar-refractivity contribution in [1.29, 1.82) is 0 Å². The molecule has 1 fully saturated rings. The lowest BCUT2D eigenvalue weighted by Crippen LogP contribution is -2.54. The zero-order valence-corrected chi connectivity index (χ0v) is 17.6. The van der Waals surface area contributed by atoms with Gasteiger partial charge in [-0.3, -0.25) is 20.2 Å². The van der Waals surface area contributed by atoms with E-state index in [-0.39, 0.29) is 11.0 Å². The van der Waals surface area contributed by atoms with E-state index < -0.39 is 23.4 Å². The van der Waals surface area contributed by atoms with E-state index in [9.17, 15) is 14.9 Å². The molecule has 2 aliphatic heterocycles. The number of halogens is 1. The first-order valence-corrected chi connectivity index (χ1v) is 9.88. The fourth-order valence-electron chi connectivity index (χ4n) is 4.65. The minimum atomic E-state index is -1.45. The van der Waals surface area contributed by atoms with E-state index in [0.29, 0.717) is 32.8 Å². The summed E-state index contributed by atoms with van der Waals surface area (Å²) >= 11 is 3.52. The Morgan fingerprint density at radius 1 is 1.17 bits per heavy atom. The van der Waals surface area contributed by atoms with Crippen LogP contribution in [0.25, 0.3) is 0 Å². The van der Waals surface area contributed by atoms with Crippen LogP contribution in [0, 0.1) is 10.1 Å². The van der Waals surface area contributed by atoms with Crippen LogP contribution in [0.3, 0.4) is 0 Å². The Kier molecular flexibility index (Phi) is 4.74. The summed E-state index contributed by atoms with van der Waals surface area (Å²) in [6.45, 7) is 1.85. The fraction of sp³-hybridized carbons (Fsp3) is 0.350. The summed E-state index contributed by atoms with van der Waals surface area (Å²) in [4.78, 5) is 25.1. The molecule has 2 N–H and O–H groups in total. The van der Waals surface area contributed by atoms with Gasteiger partial charge in [0.2, 0.25) is 0 Å². The van der Waals surface area contributed by atoms with Crippen LogP contribution >= 0.6 is 15.9 Å². The van der Waals surface area contributed by atoms with Crippen molar-refractivity contribution in [2.75, 3.05) is 19.5 Å². The van der Waals surface area contributed by atoms with Crippen LogP contribution in [0.1, 0.15) is 24.0 Å². The molecule has 1 spiro atoms. The number of benzene rings is 2. The number of fused-ring (bicyclic) bond motifs is 2. The second-order valence-corrected chi connectivity index (χ2v) is 8.08. The third-order valence-corrected chi connectivity index (χ3v) is 6.51. The maximum atomic E-state index is 13.1. The largest absolute Gasteiger partial charge is 0.493 e. The van der Waals surface area contributed by atoms with Crippen LogP contribution in [-0.2, 0) is 10.3 Å². The topological polar surface area (TPSA) is 103 Å². The number of methoxy groups -OCH3 is 2. The van der Waals surface area contributed by atoms with Crippen LogP contribution in [0.2, 0.25) is 0 Å². The summed E-state index contributed by atoms with van der Waals surface area (Å²) in [6, 6.07) is 8.99. The van der Waals surface area contributed by atoms with Gasteiger partial charge in [-0.25, -0.2) is 0 Å². The molecule has 0 saturated carbocycles. The van der Waals surface area contributed by atoms with Crippen molar-refractivity contribution in [1.82, 2.24) is 5.32 Å². The Morgan fingerprint density at radius 3 is 2.48 bits per heavy atom. The van der Waals surface area contributed by atoms with Crippen LogP contribution in [-0.4, -0.2) is 37.1 Å². The van der Waals surface area contributed by atoms with Gasteiger partial charge in [0.05, 0.1) is 20.1 Å². The summed E-state index contributed by atoms with van der Waals surface area (Å²) in [5, 5.41) is 18.4. The number of amides is 1. The number of carbonyl (C=O) groups excluding carboxylic acids is 1. The molecule has 0 unspecified atom stereocenters. The molecule has 152 valence electrons. The zero-order valence-electron chi connectivity index (χ0n) is 16.1. The maximum absolute atomic E-state index is 13.1. The Morgan fingerprint density at radius 2 is 1.83 bits per heavy atom. The predicted octanol–water partition coefficient (Wildman–Crippen LogP) is 3.03. The smallest absolute Gasteiger partial charge is 0.256 e. The van der Waals surface area contributed by atoms with Crippen molar-refractivity contribution >= 4 is 27.5 Å². The van der Waals surface area contributed by atoms with Gasteiger partial charge in [0, 0.05) is 26.7 Å². The maximum Gasteiger partial charge on any atom is 0.256 e. The summed E-state index contributed by atoms with van der Waals surface area (Å²) in [5.74, 6) is -0.0160. The number of hydrogen-bond acceptors (Lipinski definition) is 6. The van der Waals surface area contributed by atoms with Crippen LogP contribution in [0.5, 0.6) is 11.5 Å². The number of nitrogens with zero attached hydrogens (tertiary/aromatic N) is 1. The van der Waals surface area contributed by atoms with Crippen LogP contribution in [0.4, 0.5) is 5.69 Å². The van der Waals surface area contributed by atoms with Gasteiger partial charge < -0.3 is 14.8 Å². The standard InChI is InChI=1S/C20H20BrN3O5/c1-10-17(11-8-15(28-2)16(29-3)9-13(11)21)18(24(26)27)20(23-10)12-6-4-5-7-14(12)22-19(20)25/h4-10,17-18,23H,1-3H3,(H,22,25)/t10-,17-,18-,20+/m0/s1. The van der Waals surface area contributed by atoms with E-state index in [1.807, 2.05) is 6.92 Å². The van der Waals surface area contributed by atoms with Gasteiger partial charge in [0.25, 0.3) is 11.9 Å². The van der Waals surface area contributed by atoms with Crippen molar-refractivity contribution in [2.45, 2.75) is 30.5 Å². The van der Waals surface area contributed by atoms with E-state index in [4.69, 9.17) is 9.47 Å². The first kappa shape index (κ1) is 19.7. The molecule has 2 aliphatic rings. The molecule has 1 saturated heterocycles. The quantitative estimate of drug-likeness (QED) is 0.535. The molecule has 0 aliphatic carbocycles. The van der Waals surface area contributed by atoms with Crippen LogP contribution in [0.15, 0.2) is 40.9 Å². The second kappa shape index (κ2) is 7.00. The van der Waals surface area contributed by atoms with Crippen molar-refractivity contribution < 1.29 is 19.2 Å². The predicted molar refractivity (Wildman–Crippen MR) is 110 cm³/mol. The van der Waals surface area contributed by atoms with Gasteiger partial charge in [-0.2, -0.15) is 0 Å². The zero-order chi connectivity index (χ0) is 20.9. The number of carbonyl (C=O) groups is 1. The monoisotopic (exact) mass is 461 g/mol. The molecule has 0 aromatic heterocycles. The molecule has 2 heterocycles. The normalized spacial score (nSPS) is 27.6. The number of ether oxygens (including phenoxy) is 2. The van der Waals surface area contributed by atoms with Gasteiger partial charge >= 0.3 is 0 Å². The molecule has 2 aromatic carbocycles. The van der Waals surface area contributed by atoms with Gasteiger partial charge in [-0.05, 0) is 30.7 Å². The summed E-state index contributed by atoms with van der Waals surface area (Å²) in [7, 11) is 3.04. The number of para-hydroxylation sites is 1. The molecule has 4 atom stereocenters. The lowest BCUT2D eigenvalue weighted by molar-refractivity contribution is -0.532. The van der Waals surface area contributed by atoms with Crippen molar-refractivity contribution in [3.05, 3.63) is 62.1 Å². The van der Waals surface area contributed by atoms with Gasteiger partial charge in [0.1, 0.15) is 0 Å². The highest BCUT2D eigenvalue weighted by atomic mass is 79.9. The van der Waals surface area contributed by atoms with Gasteiger partial charge in [-0.15, -0.1) is 0 Å². The van der Waals surface area contributed by atoms with Gasteiger partial charge in [0.15, 0.2) is 17.0 Å². The second-order valence-electron chi connectivity index (χ2n) is 7.23. The SMILES string of the molecule is COc1cc(Br)c([C@@H]2[C@H](C)N[C@@]3(C(=O)Nc4ccccc43)[C@H]2[N+](=O)[O-])cc1OC. The van der Waals surface area contributed by atoms with E-state index >= 15 is 0 Å². The summed E-state index contributed by atoms with van der Waals surface area (Å²) < 4.78 is 11.4. The van der Waals surface area contributed by atoms with E-state index in [1.54, 1.807) is 36.4 Å². The molecule has 8 nitrogen and oxygen atoms in total. The molecule has 9 heteroatoms. The van der Waals surface area contributed by atoms with E-state index in [1.165, 1.54) is 14.2 Å². The number of nitrogens with one attached hydrogen (secondary N) is 2. The third-order valence-electron chi connectivity index (χ3n) is 5.83. The molecule has 29 heavy (non-hydrogen) atoms. The number of hydrogen-bond donors (Lipinski definition) is 2. The molecule has 0 bridgehead atoms. The first-order chi connectivity index (χ1) is 13.8. The first-order valence-electron chi connectivity index (χ1n) is 9.08. The number of anilines is 1. The molecule has 1 amide bonds. The summed E-state index contributed by atoms with van der Waals surface area (Å²) in [6.07, 6.45) is 0. The van der Waals surface area contributed by atoms with Crippen molar-refractivity contribution in [2.24, 2.45) is 0 Å². The Balaban J connectivity index is 1.91. The molecule has 2 aromatic rings. The van der Waals surface area contributed by atoms with E-state index in [2.05, 4.69) is 26.6 Å². The van der Waals surface area contributed by atoms with Crippen molar-refractivity contribution in [3.63, 3.8) is 0 Å². The van der Waals surface area contributed by atoms with Crippen molar-refractivity contribution in [3.8, 4) is 11.5 Å². The molecule has 0 radical (unpaired) electrons. The number of rotatable bonds is 4.